The summed E-state index contributed by atoms with van der Waals surface area (Å²) in [6.45, 7) is 7.45. The minimum Gasteiger partial charge on any atom is -0.444 e. The van der Waals surface area contributed by atoms with E-state index in [2.05, 4.69) is 5.32 Å². The van der Waals surface area contributed by atoms with Crippen LogP contribution in [0, 0.1) is 6.92 Å². The van der Waals surface area contributed by atoms with E-state index >= 15 is 0 Å². The van der Waals surface area contributed by atoms with Gasteiger partial charge in [-0.05, 0) is 45.2 Å². The van der Waals surface area contributed by atoms with Gasteiger partial charge in [0.05, 0.1) is 6.04 Å². The van der Waals surface area contributed by atoms with Gasteiger partial charge in [-0.2, -0.15) is 0 Å². The third kappa shape index (κ3) is 5.30. The molecule has 0 bridgehead atoms. The van der Waals surface area contributed by atoms with Crippen LogP contribution in [0.3, 0.4) is 0 Å². The lowest BCUT2D eigenvalue weighted by molar-refractivity contribution is 0.0496. The summed E-state index contributed by atoms with van der Waals surface area (Å²) in [6, 6.07) is 7.57. The summed E-state index contributed by atoms with van der Waals surface area (Å²) in [4.78, 5) is 11.8. The molecule has 0 radical (unpaired) electrons. The van der Waals surface area contributed by atoms with Gasteiger partial charge in [-0.15, -0.1) is 0 Å². The van der Waals surface area contributed by atoms with Crippen LogP contribution in [0.25, 0.3) is 0 Å². The Balaban J connectivity index is 2.79. The fourth-order valence-electron chi connectivity index (χ4n) is 1.86. The number of nitrogens with one attached hydrogen (secondary N) is 1. The Morgan fingerprint density at radius 1 is 1.37 bits per heavy atom. The number of alkyl carbamates (subject to hydrolysis) is 1. The van der Waals surface area contributed by atoms with E-state index in [-0.39, 0.29) is 12.6 Å². The van der Waals surface area contributed by atoms with Gasteiger partial charge in [0.2, 0.25) is 0 Å². The molecule has 0 aliphatic rings. The van der Waals surface area contributed by atoms with E-state index in [1.807, 2.05) is 52.0 Å². The van der Waals surface area contributed by atoms with Crippen LogP contribution in [-0.2, 0) is 4.74 Å². The zero-order valence-electron chi connectivity index (χ0n) is 12.1. The van der Waals surface area contributed by atoms with Gasteiger partial charge in [0, 0.05) is 6.61 Å². The fraction of sp³-hybridized carbons (Fsp3) is 0.533. The molecule has 0 heterocycles. The van der Waals surface area contributed by atoms with E-state index in [1.54, 1.807) is 0 Å². The predicted octanol–water partition coefficient (Wildman–Crippen LogP) is 2.94. The zero-order chi connectivity index (χ0) is 14.5. The normalized spacial score (nSPS) is 12.9. The summed E-state index contributed by atoms with van der Waals surface area (Å²) in [7, 11) is 0. The molecule has 0 fully saturated rings. The number of carbonyl (C=O) groups is 1. The van der Waals surface area contributed by atoms with Crippen molar-refractivity contribution in [1.29, 1.82) is 0 Å². The number of amides is 1. The second kappa shape index (κ2) is 6.57. The lowest BCUT2D eigenvalue weighted by Gasteiger charge is -2.24. The highest BCUT2D eigenvalue weighted by Crippen LogP contribution is 2.21. The molecule has 4 nitrogen and oxygen atoms in total. The van der Waals surface area contributed by atoms with Crippen molar-refractivity contribution in [2.75, 3.05) is 6.61 Å². The van der Waals surface area contributed by atoms with Crippen LogP contribution in [0.15, 0.2) is 24.3 Å². The maximum Gasteiger partial charge on any atom is 0.408 e. The predicted molar refractivity (Wildman–Crippen MR) is 75.0 cm³/mol. The Labute approximate surface area is 114 Å². The number of aryl methyl sites for hydroxylation is 1. The van der Waals surface area contributed by atoms with Gasteiger partial charge in [-0.25, -0.2) is 4.79 Å². The summed E-state index contributed by atoms with van der Waals surface area (Å²) < 4.78 is 5.24. The molecule has 4 heteroatoms. The smallest absolute Gasteiger partial charge is 0.408 e. The molecule has 0 aliphatic carbocycles. The molecule has 1 aromatic rings. The molecule has 1 amide bonds. The van der Waals surface area contributed by atoms with Crippen LogP contribution < -0.4 is 5.32 Å². The van der Waals surface area contributed by atoms with Crippen molar-refractivity contribution >= 4 is 6.09 Å². The molecular formula is C15H23NO3. The van der Waals surface area contributed by atoms with E-state index in [9.17, 15) is 4.79 Å². The van der Waals surface area contributed by atoms with Gasteiger partial charge in [0.1, 0.15) is 5.60 Å². The number of aliphatic hydroxyl groups is 1. The molecule has 0 aromatic heterocycles. The standard InChI is InChI=1S/C15H23NO3/c1-11-7-5-6-8-12(11)13(9-10-17)16-14(18)19-15(2,3)4/h5-8,13,17H,9-10H2,1-4H3,(H,16,18)/t13-/m0/s1. The molecule has 0 saturated heterocycles. The number of hydrogen-bond donors (Lipinski definition) is 2. The third-order valence-electron chi connectivity index (χ3n) is 2.67. The Hall–Kier alpha value is -1.55. The first-order valence-corrected chi connectivity index (χ1v) is 6.49. The van der Waals surface area contributed by atoms with E-state index in [4.69, 9.17) is 9.84 Å². The van der Waals surface area contributed by atoms with Gasteiger partial charge in [-0.1, -0.05) is 24.3 Å². The number of carbonyl (C=O) groups excluding carboxylic acids is 1. The van der Waals surface area contributed by atoms with E-state index < -0.39 is 11.7 Å². The molecule has 19 heavy (non-hydrogen) atoms. The number of benzene rings is 1. The van der Waals surface area contributed by atoms with Crippen molar-refractivity contribution in [3.05, 3.63) is 35.4 Å². The Kier molecular flexibility index (Phi) is 5.36. The van der Waals surface area contributed by atoms with Crippen LogP contribution >= 0.6 is 0 Å². The Morgan fingerprint density at radius 3 is 2.53 bits per heavy atom. The molecule has 2 N–H and O–H groups in total. The van der Waals surface area contributed by atoms with Crippen molar-refractivity contribution < 1.29 is 14.6 Å². The van der Waals surface area contributed by atoms with Crippen LogP contribution in [0.1, 0.15) is 44.4 Å². The van der Waals surface area contributed by atoms with E-state index in [1.165, 1.54) is 0 Å². The number of aliphatic hydroxyl groups excluding tert-OH is 1. The summed E-state index contributed by atoms with van der Waals surface area (Å²) in [5.41, 5.74) is 1.55. The van der Waals surface area contributed by atoms with Gasteiger partial charge >= 0.3 is 6.09 Å². The van der Waals surface area contributed by atoms with Gasteiger partial charge in [0.15, 0.2) is 0 Å². The zero-order valence-corrected chi connectivity index (χ0v) is 12.1. The van der Waals surface area contributed by atoms with Crippen LogP contribution in [0.2, 0.25) is 0 Å². The van der Waals surface area contributed by atoms with Gasteiger partial charge in [0.25, 0.3) is 0 Å². The molecule has 0 aliphatic heterocycles. The molecule has 0 spiro atoms. The van der Waals surface area contributed by atoms with Gasteiger partial charge in [-0.3, -0.25) is 0 Å². The minimum atomic E-state index is -0.528. The molecule has 1 aromatic carbocycles. The van der Waals surface area contributed by atoms with Crippen molar-refractivity contribution in [3.63, 3.8) is 0 Å². The average molecular weight is 265 g/mol. The minimum absolute atomic E-state index is 0.00873. The van der Waals surface area contributed by atoms with Crippen molar-refractivity contribution in [1.82, 2.24) is 5.32 Å². The highest BCUT2D eigenvalue weighted by atomic mass is 16.6. The first kappa shape index (κ1) is 15.5. The van der Waals surface area contributed by atoms with Crippen LogP contribution in [0.4, 0.5) is 4.79 Å². The first-order valence-electron chi connectivity index (χ1n) is 6.49. The quantitative estimate of drug-likeness (QED) is 0.880. The summed E-state index contributed by atoms with van der Waals surface area (Å²) >= 11 is 0. The number of hydrogen-bond acceptors (Lipinski definition) is 3. The van der Waals surface area contributed by atoms with Crippen molar-refractivity contribution in [3.8, 4) is 0 Å². The molecule has 1 atom stereocenters. The topological polar surface area (TPSA) is 58.6 Å². The second-order valence-electron chi connectivity index (χ2n) is 5.57. The maximum absolute atomic E-state index is 11.8. The maximum atomic E-state index is 11.8. The monoisotopic (exact) mass is 265 g/mol. The highest BCUT2D eigenvalue weighted by molar-refractivity contribution is 5.68. The molecular weight excluding hydrogens is 242 g/mol. The van der Waals surface area contributed by atoms with Crippen molar-refractivity contribution in [2.24, 2.45) is 0 Å². The van der Waals surface area contributed by atoms with E-state index in [0.717, 1.165) is 11.1 Å². The highest BCUT2D eigenvalue weighted by Gasteiger charge is 2.20. The second-order valence-corrected chi connectivity index (χ2v) is 5.57. The number of ether oxygens (including phenoxy) is 1. The van der Waals surface area contributed by atoms with Crippen molar-refractivity contribution in [2.45, 2.75) is 45.8 Å². The van der Waals surface area contributed by atoms with Crippen LogP contribution in [-0.4, -0.2) is 23.4 Å². The summed E-state index contributed by atoms with van der Waals surface area (Å²) in [5.74, 6) is 0. The fourth-order valence-corrected chi connectivity index (χ4v) is 1.86. The summed E-state index contributed by atoms with van der Waals surface area (Å²) in [5, 5.41) is 12.0. The lowest BCUT2D eigenvalue weighted by Crippen LogP contribution is -2.35. The first-order chi connectivity index (χ1) is 8.83. The molecule has 1 rings (SSSR count). The average Bonchev–Trinajstić information content (AvgIpc) is 2.26. The van der Waals surface area contributed by atoms with E-state index in [0.29, 0.717) is 6.42 Å². The van der Waals surface area contributed by atoms with Crippen LogP contribution in [0.5, 0.6) is 0 Å². The lowest BCUT2D eigenvalue weighted by atomic mass is 9.99. The SMILES string of the molecule is Cc1ccccc1[C@H](CCO)NC(=O)OC(C)(C)C. The molecule has 0 unspecified atom stereocenters. The van der Waals surface area contributed by atoms with Gasteiger partial charge < -0.3 is 15.2 Å². The largest absolute Gasteiger partial charge is 0.444 e. The third-order valence-corrected chi connectivity index (χ3v) is 2.67. The number of rotatable bonds is 4. The molecule has 106 valence electrons. The summed E-state index contributed by atoms with van der Waals surface area (Å²) in [6.07, 6.45) is -0.00130. The Bertz CT molecular complexity index is 424. The molecule has 0 saturated carbocycles. The Morgan fingerprint density at radius 2 is 2.00 bits per heavy atom.